The zero-order valence-electron chi connectivity index (χ0n) is 11.8. The molecule has 0 unspecified atom stereocenters. The van der Waals surface area contributed by atoms with Crippen LogP contribution in [0.25, 0.3) is 0 Å². The number of likely N-dealkylation sites (tertiary alicyclic amines) is 1. The van der Waals surface area contributed by atoms with E-state index < -0.39 is 11.4 Å². The first kappa shape index (κ1) is 14.1. The largest absolute Gasteiger partial charge is 0.481 e. The summed E-state index contributed by atoms with van der Waals surface area (Å²) in [6.07, 6.45) is 6.14. The lowest BCUT2D eigenvalue weighted by atomic mass is 9.75. The maximum absolute atomic E-state index is 12.1. The number of carbonyl (C=O) groups excluding carboxylic acids is 1. The van der Waals surface area contributed by atoms with Gasteiger partial charge in [-0.25, -0.2) is 0 Å². The van der Waals surface area contributed by atoms with E-state index in [0.717, 1.165) is 31.3 Å². The number of piperidine rings is 1. The number of carboxylic acid groups (broad SMARTS) is 1. The molecule has 0 aromatic rings. The minimum absolute atomic E-state index is 0.0406. The van der Waals surface area contributed by atoms with Crippen LogP contribution in [0.3, 0.4) is 0 Å². The highest BCUT2D eigenvalue weighted by atomic mass is 16.4. The molecule has 1 aliphatic carbocycles. The summed E-state index contributed by atoms with van der Waals surface area (Å²) in [5.41, 5.74) is 0.253. The normalized spacial score (nSPS) is 26.9. The molecule has 1 saturated carbocycles. The Kier molecular flexibility index (Phi) is 3.97. The quantitative estimate of drug-likeness (QED) is 0.794. The number of carbonyl (C=O) groups is 2. The van der Waals surface area contributed by atoms with Crippen molar-refractivity contribution in [1.29, 1.82) is 0 Å². The fraction of sp³-hybridized carbons (Fsp3) is 0.733. The Bertz CT molecular complexity index is 408. The van der Waals surface area contributed by atoms with Crippen LogP contribution in [-0.2, 0) is 9.59 Å². The summed E-state index contributed by atoms with van der Waals surface area (Å²) in [4.78, 5) is 25.5. The molecule has 1 saturated heterocycles. The molecule has 4 nitrogen and oxygen atoms in total. The van der Waals surface area contributed by atoms with Crippen molar-refractivity contribution >= 4 is 11.9 Å². The van der Waals surface area contributed by atoms with Crippen molar-refractivity contribution in [2.45, 2.75) is 46.0 Å². The fourth-order valence-corrected chi connectivity index (χ4v) is 2.96. The number of carboxylic acids is 1. The van der Waals surface area contributed by atoms with Crippen molar-refractivity contribution in [3.63, 3.8) is 0 Å². The van der Waals surface area contributed by atoms with E-state index in [9.17, 15) is 14.7 Å². The van der Waals surface area contributed by atoms with Crippen LogP contribution in [0.1, 0.15) is 46.0 Å². The highest BCUT2D eigenvalue weighted by molar-refractivity contribution is 5.89. The lowest BCUT2D eigenvalue weighted by Gasteiger charge is -2.39. The second kappa shape index (κ2) is 5.35. The van der Waals surface area contributed by atoms with Crippen LogP contribution in [0.5, 0.6) is 0 Å². The number of hydrogen-bond acceptors (Lipinski definition) is 2. The number of rotatable bonds is 4. The summed E-state index contributed by atoms with van der Waals surface area (Å²) in [5, 5.41) is 9.59. The molecule has 1 heterocycles. The maximum atomic E-state index is 12.1. The fourth-order valence-electron chi connectivity index (χ4n) is 2.96. The molecule has 2 fully saturated rings. The zero-order valence-corrected chi connectivity index (χ0v) is 11.8. The van der Waals surface area contributed by atoms with Gasteiger partial charge in [-0.2, -0.15) is 0 Å². The van der Waals surface area contributed by atoms with Crippen molar-refractivity contribution in [3.8, 4) is 0 Å². The molecule has 4 heteroatoms. The predicted molar refractivity (Wildman–Crippen MR) is 72.7 cm³/mol. The van der Waals surface area contributed by atoms with Crippen LogP contribution >= 0.6 is 0 Å². The minimum atomic E-state index is -0.728. The van der Waals surface area contributed by atoms with E-state index >= 15 is 0 Å². The molecule has 0 spiro atoms. The van der Waals surface area contributed by atoms with Gasteiger partial charge in [-0.05, 0) is 39.0 Å². The van der Waals surface area contributed by atoms with Crippen molar-refractivity contribution in [2.75, 3.05) is 13.1 Å². The van der Waals surface area contributed by atoms with Crippen LogP contribution in [-0.4, -0.2) is 35.0 Å². The third-order valence-corrected chi connectivity index (χ3v) is 4.13. The molecule has 1 N–H and O–H groups in total. The van der Waals surface area contributed by atoms with E-state index in [2.05, 4.69) is 0 Å². The lowest BCUT2D eigenvalue weighted by Crippen LogP contribution is -2.49. The molecular weight excluding hydrogens is 242 g/mol. The van der Waals surface area contributed by atoms with Gasteiger partial charge in [0.1, 0.15) is 0 Å². The SMILES string of the molecule is CC(C)=CC(=O)N1CCC[C@](CC2CC2)(C(=O)O)C1. The molecular formula is C15H23NO3. The molecule has 1 atom stereocenters. The Labute approximate surface area is 114 Å². The average molecular weight is 265 g/mol. The first-order chi connectivity index (χ1) is 8.93. The second-order valence-electron chi connectivity index (χ2n) is 6.32. The number of hydrogen-bond donors (Lipinski definition) is 1. The van der Waals surface area contributed by atoms with Gasteiger partial charge in [0, 0.05) is 19.2 Å². The van der Waals surface area contributed by atoms with Crippen LogP contribution in [0, 0.1) is 11.3 Å². The van der Waals surface area contributed by atoms with E-state index in [1.54, 1.807) is 11.0 Å². The van der Waals surface area contributed by atoms with Gasteiger partial charge in [0.2, 0.25) is 5.91 Å². The third-order valence-electron chi connectivity index (χ3n) is 4.13. The maximum Gasteiger partial charge on any atom is 0.311 e. The molecule has 0 aromatic heterocycles. The molecule has 0 aromatic carbocycles. The summed E-state index contributed by atoms with van der Waals surface area (Å²) in [6.45, 7) is 4.83. The smallest absolute Gasteiger partial charge is 0.311 e. The van der Waals surface area contributed by atoms with E-state index in [-0.39, 0.29) is 5.91 Å². The van der Waals surface area contributed by atoms with Crippen molar-refractivity contribution in [1.82, 2.24) is 4.90 Å². The number of aliphatic carboxylic acids is 1. The van der Waals surface area contributed by atoms with Crippen molar-refractivity contribution in [2.24, 2.45) is 11.3 Å². The molecule has 1 amide bonds. The first-order valence-corrected chi connectivity index (χ1v) is 7.10. The van der Waals surface area contributed by atoms with E-state index in [1.807, 2.05) is 13.8 Å². The first-order valence-electron chi connectivity index (χ1n) is 7.10. The summed E-state index contributed by atoms with van der Waals surface area (Å²) in [6, 6.07) is 0. The number of allylic oxidation sites excluding steroid dienone is 1. The summed E-state index contributed by atoms with van der Waals surface area (Å²) in [5.74, 6) is -0.204. The highest BCUT2D eigenvalue weighted by Crippen LogP contribution is 2.44. The Morgan fingerprint density at radius 1 is 1.37 bits per heavy atom. The topological polar surface area (TPSA) is 57.6 Å². The Hall–Kier alpha value is -1.32. The van der Waals surface area contributed by atoms with Crippen LogP contribution < -0.4 is 0 Å². The van der Waals surface area contributed by atoms with Gasteiger partial charge < -0.3 is 10.0 Å². The zero-order chi connectivity index (χ0) is 14.0. The average Bonchev–Trinajstić information content (AvgIpc) is 3.12. The molecule has 2 aliphatic rings. The predicted octanol–water partition coefficient (Wildman–Crippen LogP) is 2.45. The second-order valence-corrected chi connectivity index (χ2v) is 6.32. The van der Waals surface area contributed by atoms with Gasteiger partial charge in [0.15, 0.2) is 0 Å². The minimum Gasteiger partial charge on any atom is -0.481 e. The molecule has 2 rings (SSSR count). The van der Waals surface area contributed by atoms with Gasteiger partial charge >= 0.3 is 5.97 Å². The molecule has 0 radical (unpaired) electrons. The van der Waals surface area contributed by atoms with Gasteiger partial charge in [-0.15, -0.1) is 0 Å². The number of nitrogens with zero attached hydrogens (tertiary/aromatic N) is 1. The highest BCUT2D eigenvalue weighted by Gasteiger charge is 2.46. The van der Waals surface area contributed by atoms with Crippen LogP contribution in [0.15, 0.2) is 11.6 Å². The Morgan fingerprint density at radius 2 is 2.05 bits per heavy atom. The van der Waals surface area contributed by atoms with Crippen molar-refractivity contribution < 1.29 is 14.7 Å². The summed E-state index contributed by atoms with van der Waals surface area (Å²) in [7, 11) is 0. The number of amides is 1. The van der Waals surface area contributed by atoms with Gasteiger partial charge in [0.05, 0.1) is 5.41 Å². The van der Waals surface area contributed by atoms with Gasteiger partial charge in [-0.1, -0.05) is 18.4 Å². The van der Waals surface area contributed by atoms with Gasteiger partial charge in [-0.3, -0.25) is 9.59 Å². The van der Waals surface area contributed by atoms with Gasteiger partial charge in [0.25, 0.3) is 0 Å². The van der Waals surface area contributed by atoms with Crippen molar-refractivity contribution in [3.05, 3.63) is 11.6 Å². The lowest BCUT2D eigenvalue weighted by molar-refractivity contribution is -0.155. The van der Waals surface area contributed by atoms with Crippen LogP contribution in [0.4, 0.5) is 0 Å². The Morgan fingerprint density at radius 3 is 2.58 bits per heavy atom. The molecule has 1 aliphatic heterocycles. The van der Waals surface area contributed by atoms with Crippen LogP contribution in [0.2, 0.25) is 0 Å². The van der Waals surface area contributed by atoms with E-state index in [0.29, 0.717) is 25.4 Å². The molecule has 0 bridgehead atoms. The van der Waals surface area contributed by atoms with E-state index in [4.69, 9.17) is 0 Å². The molecule has 106 valence electrons. The summed E-state index contributed by atoms with van der Waals surface area (Å²) < 4.78 is 0. The third kappa shape index (κ3) is 3.37. The standard InChI is InChI=1S/C15H23NO3/c1-11(2)8-13(17)16-7-3-6-15(10-16,14(18)19)9-12-4-5-12/h8,12H,3-7,9-10H2,1-2H3,(H,18,19)/t15-/m1/s1. The van der Waals surface area contributed by atoms with E-state index in [1.165, 1.54) is 0 Å². The molecule has 19 heavy (non-hydrogen) atoms. The summed E-state index contributed by atoms with van der Waals surface area (Å²) >= 11 is 0. The monoisotopic (exact) mass is 265 g/mol. The Balaban J connectivity index is 2.10.